The van der Waals surface area contributed by atoms with Gasteiger partial charge in [-0.1, -0.05) is 12.8 Å². The van der Waals surface area contributed by atoms with Crippen LogP contribution < -0.4 is 5.32 Å². The molecule has 1 N–H and O–H groups in total. The second-order valence-corrected chi connectivity index (χ2v) is 8.93. The Kier molecular flexibility index (Phi) is 5.30. The van der Waals surface area contributed by atoms with Crippen molar-refractivity contribution < 1.29 is 13.2 Å². The SMILES string of the molecule is CNCCC1CCN(C(=O)C2(S(C)(=O)=O)CCCC2)CC1. The fourth-order valence-corrected chi connectivity index (χ4v) is 5.23. The highest BCUT2D eigenvalue weighted by Gasteiger charge is 2.51. The lowest BCUT2D eigenvalue weighted by Gasteiger charge is -2.37. The molecule has 0 aromatic heterocycles. The maximum absolute atomic E-state index is 12.8. The average Bonchev–Trinajstić information content (AvgIpc) is 2.95. The summed E-state index contributed by atoms with van der Waals surface area (Å²) in [5.74, 6) is 0.522. The predicted molar refractivity (Wildman–Crippen MR) is 83.9 cm³/mol. The van der Waals surface area contributed by atoms with Gasteiger partial charge in [0.25, 0.3) is 0 Å². The number of carbonyl (C=O) groups excluding carboxylic acids is 1. The van der Waals surface area contributed by atoms with Crippen LogP contribution in [0.5, 0.6) is 0 Å². The summed E-state index contributed by atoms with van der Waals surface area (Å²) in [5, 5.41) is 3.16. The van der Waals surface area contributed by atoms with Gasteiger partial charge < -0.3 is 10.2 Å². The molecule has 1 saturated carbocycles. The maximum Gasteiger partial charge on any atom is 0.244 e. The summed E-state index contributed by atoms with van der Waals surface area (Å²) in [5.41, 5.74) is 0. The highest BCUT2D eigenvalue weighted by Crippen LogP contribution is 2.39. The Balaban J connectivity index is 2.01. The monoisotopic (exact) mass is 316 g/mol. The van der Waals surface area contributed by atoms with E-state index in [1.807, 2.05) is 11.9 Å². The zero-order valence-electron chi connectivity index (χ0n) is 13.2. The number of nitrogens with one attached hydrogen (secondary N) is 1. The van der Waals surface area contributed by atoms with Gasteiger partial charge in [0, 0.05) is 19.3 Å². The van der Waals surface area contributed by atoms with Crippen LogP contribution in [0.25, 0.3) is 0 Å². The predicted octanol–water partition coefficient (Wildman–Crippen LogP) is 1.19. The summed E-state index contributed by atoms with van der Waals surface area (Å²) in [6.07, 6.45) is 7.05. The first kappa shape index (κ1) is 16.7. The standard InChI is InChI=1S/C15H28N2O3S/c1-16-10-5-13-6-11-17(12-7-13)14(18)15(21(2,19)20)8-3-4-9-15/h13,16H,3-12H2,1-2H3. The highest BCUT2D eigenvalue weighted by molar-refractivity contribution is 7.92. The first-order chi connectivity index (χ1) is 9.90. The third-order valence-electron chi connectivity index (χ3n) is 5.22. The molecule has 0 unspecified atom stereocenters. The van der Waals surface area contributed by atoms with Gasteiger partial charge >= 0.3 is 0 Å². The van der Waals surface area contributed by atoms with E-state index < -0.39 is 14.6 Å². The number of amides is 1. The van der Waals surface area contributed by atoms with E-state index in [-0.39, 0.29) is 5.91 Å². The van der Waals surface area contributed by atoms with E-state index in [4.69, 9.17) is 0 Å². The molecule has 21 heavy (non-hydrogen) atoms. The average molecular weight is 316 g/mol. The van der Waals surface area contributed by atoms with Gasteiger partial charge in [0.2, 0.25) is 5.91 Å². The van der Waals surface area contributed by atoms with Crippen LogP contribution >= 0.6 is 0 Å². The second-order valence-electron chi connectivity index (χ2n) is 6.60. The largest absolute Gasteiger partial charge is 0.341 e. The minimum absolute atomic E-state index is 0.130. The zero-order valence-corrected chi connectivity index (χ0v) is 14.0. The summed E-state index contributed by atoms with van der Waals surface area (Å²) in [4.78, 5) is 14.6. The molecule has 0 radical (unpaired) electrons. The fourth-order valence-electron chi connectivity index (χ4n) is 3.75. The summed E-state index contributed by atoms with van der Waals surface area (Å²) in [6, 6.07) is 0. The van der Waals surface area contributed by atoms with Crippen molar-refractivity contribution in [2.45, 2.75) is 49.7 Å². The molecule has 0 bridgehead atoms. The van der Waals surface area contributed by atoms with E-state index in [0.717, 1.165) is 38.6 Å². The molecular weight excluding hydrogens is 288 g/mol. The Morgan fingerprint density at radius 1 is 1.24 bits per heavy atom. The van der Waals surface area contributed by atoms with Crippen molar-refractivity contribution in [1.29, 1.82) is 0 Å². The van der Waals surface area contributed by atoms with Crippen molar-refractivity contribution in [3.05, 3.63) is 0 Å². The number of sulfone groups is 1. The van der Waals surface area contributed by atoms with Crippen LogP contribution in [0.15, 0.2) is 0 Å². The quantitative estimate of drug-likeness (QED) is 0.827. The molecule has 1 aliphatic carbocycles. The molecule has 2 aliphatic rings. The number of hydrogen-bond acceptors (Lipinski definition) is 4. The van der Waals surface area contributed by atoms with Crippen molar-refractivity contribution in [1.82, 2.24) is 10.2 Å². The molecule has 1 saturated heterocycles. The molecule has 0 atom stereocenters. The molecule has 0 aromatic rings. The summed E-state index contributed by atoms with van der Waals surface area (Å²) in [7, 11) is -1.39. The van der Waals surface area contributed by atoms with Gasteiger partial charge in [-0.3, -0.25) is 4.79 Å². The summed E-state index contributed by atoms with van der Waals surface area (Å²) < 4.78 is 23.3. The van der Waals surface area contributed by atoms with Crippen LogP contribution in [0.3, 0.4) is 0 Å². The molecule has 2 rings (SSSR count). The van der Waals surface area contributed by atoms with E-state index >= 15 is 0 Å². The van der Waals surface area contributed by atoms with Gasteiger partial charge in [0.1, 0.15) is 0 Å². The summed E-state index contributed by atoms with van der Waals surface area (Å²) >= 11 is 0. The Bertz CT molecular complexity index is 461. The van der Waals surface area contributed by atoms with Gasteiger partial charge in [-0.2, -0.15) is 0 Å². The van der Waals surface area contributed by atoms with E-state index in [1.165, 1.54) is 6.26 Å². The van der Waals surface area contributed by atoms with Gasteiger partial charge in [0.05, 0.1) is 0 Å². The highest BCUT2D eigenvalue weighted by atomic mass is 32.2. The second kappa shape index (κ2) is 6.65. The van der Waals surface area contributed by atoms with Gasteiger partial charge in [-0.05, 0) is 51.6 Å². The number of carbonyl (C=O) groups is 1. The smallest absolute Gasteiger partial charge is 0.244 e. The molecule has 6 heteroatoms. The van der Waals surface area contributed by atoms with E-state index in [1.54, 1.807) is 0 Å². The Hall–Kier alpha value is -0.620. The molecule has 2 fully saturated rings. The third-order valence-corrected chi connectivity index (χ3v) is 7.22. The Morgan fingerprint density at radius 3 is 2.29 bits per heavy atom. The lowest BCUT2D eigenvalue weighted by molar-refractivity contribution is -0.135. The molecule has 1 aliphatic heterocycles. The lowest BCUT2D eigenvalue weighted by Crippen LogP contribution is -2.54. The first-order valence-electron chi connectivity index (χ1n) is 8.04. The van der Waals surface area contributed by atoms with Crippen LogP contribution in [-0.2, 0) is 14.6 Å². The van der Waals surface area contributed by atoms with Crippen LogP contribution in [0.4, 0.5) is 0 Å². The fraction of sp³-hybridized carbons (Fsp3) is 0.933. The number of hydrogen-bond donors (Lipinski definition) is 1. The van der Waals surface area contributed by atoms with Gasteiger partial charge in [-0.15, -0.1) is 0 Å². The minimum Gasteiger partial charge on any atom is -0.341 e. The van der Waals surface area contributed by atoms with Crippen LogP contribution in [0.1, 0.15) is 44.9 Å². The molecule has 0 aromatic carbocycles. The van der Waals surface area contributed by atoms with Crippen molar-refractivity contribution in [3.63, 3.8) is 0 Å². The van der Waals surface area contributed by atoms with Crippen LogP contribution in [0.2, 0.25) is 0 Å². The Morgan fingerprint density at radius 2 is 1.81 bits per heavy atom. The van der Waals surface area contributed by atoms with E-state index in [0.29, 0.717) is 31.8 Å². The molecule has 1 amide bonds. The van der Waals surface area contributed by atoms with Crippen LogP contribution in [0, 0.1) is 5.92 Å². The lowest BCUT2D eigenvalue weighted by atomic mass is 9.92. The van der Waals surface area contributed by atoms with Crippen molar-refractivity contribution >= 4 is 15.7 Å². The molecule has 5 nitrogen and oxygen atoms in total. The molecule has 1 heterocycles. The van der Waals surface area contributed by atoms with Crippen LogP contribution in [-0.4, -0.2) is 56.9 Å². The number of piperidine rings is 1. The molecular formula is C15H28N2O3S. The van der Waals surface area contributed by atoms with Crippen molar-refractivity contribution in [2.24, 2.45) is 5.92 Å². The van der Waals surface area contributed by atoms with E-state index in [2.05, 4.69) is 5.32 Å². The molecule has 122 valence electrons. The Labute approximate surface area is 128 Å². The summed E-state index contributed by atoms with van der Waals surface area (Å²) in [6.45, 7) is 2.43. The van der Waals surface area contributed by atoms with E-state index in [9.17, 15) is 13.2 Å². The van der Waals surface area contributed by atoms with Gasteiger partial charge in [-0.25, -0.2) is 8.42 Å². The first-order valence-corrected chi connectivity index (χ1v) is 9.93. The maximum atomic E-state index is 12.8. The zero-order chi connectivity index (χ0) is 15.5. The minimum atomic E-state index is -3.34. The third kappa shape index (κ3) is 3.42. The number of rotatable bonds is 5. The normalized spacial score (nSPS) is 23.4. The van der Waals surface area contributed by atoms with Gasteiger partial charge in [0.15, 0.2) is 14.6 Å². The number of nitrogens with zero attached hydrogens (tertiary/aromatic N) is 1. The number of likely N-dealkylation sites (tertiary alicyclic amines) is 1. The topological polar surface area (TPSA) is 66.5 Å². The van der Waals surface area contributed by atoms with Crippen molar-refractivity contribution in [3.8, 4) is 0 Å². The molecule has 0 spiro atoms. The van der Waals surface area contributed by atoms with Crippen molar-refractivity contribution in [2.75, 3.05) is 32.9 Å².